The Kier molecular flexibility index (Phi) is 8.54. The number of unbranched alkanes of at least 4 members (excludes halogenated alkanes) is 6. The molecule has 2 atom stereocenters. The number of nitriles is 1. The molecule has 2 aromatic carbocycles. The Bertz CT molecular complexity index is 878. The van der Waals surface area contributed by atoms with Crippen molar-refractivity contribution in [3.8, 4) is 17.7 Å². The van der Waals surface area contributed by atoms with Gasteiger partial charge in [0.05, 0.1) is 0 Å². The van der Waals surface area contributed by atoms with Gasteiger partial charge in [0.1, 0.15) is 11.5 Å². The monoisotopic (exact) mass is 438 g/mol. The van der Waals surface area contributed by atoms with Crippen LogP contribution in [0.5, 0.6) is 11.5 Å². The molecule has 0 aromatic heterocycles. The molecule has 1 aliphatic heterocycles. The molecular formula is C26H34N2O2S. The van der Waals surface area contributed by atoms with Crippen LogP contribution in [0.15, 0.2) is 47.4 Å². The second-order valence-electron chi connectivity index (χ2n) is 8.83. The van der Waals surface area contributed by atoms with Crippen molar-refractivity contribution in [3.05, 3.63) is 53.6 Å². The summed E-state index contributed by atoms with van der Waals surface area (Å²) in [6.45, 7) is 3.14. The van der Waals surface area contributed by atoms with Crippen molar-refractivity contribution in [2.45, 2.75) is 74.5 Å². The van der Waals surface area contributed by atoms with Crippen LogP contribution >= 0.6 is 11.8 Å². The fourth-order valence-electron chi connectivity index (χ4n) is 4.71. The zero-order chi connectivity index (χ0) is 22.1. The van der Waals surface area contributed by atoms with Crippen molar-refractivity contribution in [2.75, 3.05) is 12.3 Å². The van der Waals surface area contributed by atoms with Crippen molar-refractivity contribution in [1.82, 2.24) is 5.32 Å². The summed E-state index contributed by atoms with van der Waals surface area (Å²) >= 11 is 1.82. The first-order chi connectivity index (χ1) is 15.0. The lowest BCUT2D eigenvalue weighted by Crippen LogP contribution is -2.36. The van der Waals surface area contributed by atoms with Gasteiger partial charge in [-0.1, -0.05) is 63.6 Å². The summed E-state index contributed by atoms with van der Waals surface area (Å²) in [7, 11) is 0. The summed E-state index contributed by atoms with van der Waals surface area (Å²) in [5, 5.41) is 30.9. The molecule has 0 aliphatic carbocycles. The van der Waals surface area contributed by atoms with E-state index < -0.39 is 0 Å². The van der Waals surface area contributed by atoms with E-state index in [0.717, 1.165) is 25.1 Å². The average molecular weight is 439 g/mol. The predicted octanol–water partition coefficient (Wildman–Crippen LogP) is 6.44. The second kappa shape index (κ2) is 11.3. The fourth-order valence-corrected chi connectivity index (χ4v) is 6.11. The molecule has 5 heteroatoms. The van der Waals surface area contributed by atoms with Gasteiger partial charge in [-0.3, -0.25) is 0 Å². The Labute approximate surface area is 190 Å². The molecule has 0 saturated carbocycles. The predicted molar refractivity (Wildman–Crippen MR) is 128 cm³/mol. The highest BCUT2D eigenvalue weighted by molar-refractivity contribution is 7.99. The first-order valence-corrected chi connectivity index (χ1v) is 12.4. The minimum absolute atomic E-state index is 0.00389. The van der Waals surface area contributed by atoms with Crippen molar-refractivity contribution in [3.63, 3.8) is 0 Å². The molecule has 0 amide bonds. The zero-order valence-corrected chi connectivity index (χ0v) is 19.3. The Morgan fingerprint density at radius 1 is 0.968 bits per heavy atom. The highest BCUT2D eigenvalue weighted by Gasteiger charge is 2.41. The van der Waals surface area contributed by atoms with E-state index in [9.17, 15) is 10.2 Å². The molecule has 1 heterocycles. The molecule has 4 nitrogen and oxygen atoms in total. The first kappa shape index (κ1) is 23.3. The van der Waals surface area contributed by atoms with Crippen LogP contribution in [0.1, 0.15) is 75.3 Å². The molecule has 2 unspecified atom stereocenters. The number of fused-ring (bicyclic) bond motifs is 1. The molecule has 0 spiro atoms. The molecule has 31 heavy (non-hydrogen) atoms. The Morgan fingerprint density at radius 2 is 1.61 bits per heavy atom. The summed E-state index contributed by atoms with van der Waals surface area (Å²) in [6, 6.07) is 13.5. The van der Waals surface area contributed by atoms with Crippen LogP contribution in [0.3, 0.4) is 0 Å². The lowest BCUT2D eigenvalue weighted by molar-refractivity contribution is 0.370. The Balaban J connectivity index is 1.60. The van der Waals surface area contributed by atoms with Crippen molar-refractivity contribution < 1.29 is 10.2 Å². The molecule has 0 radical (unpaired) electrons. The van der Waals surface area contributed by atoms with Crippen molar-refractivity contribution >= 4 is 11.8 Å². The maximum Gasteiger partial charge on any atom is 0.176 e. The van der Waals surface area contributed by atoms with Crippen molar-refractivity contribution in [1.29, 1.82) is 5.26 Å². The maximum atomic E-state index is 9.96. The van der Waals surface area contributed by atoms with Crippen LogP contribution in [0.25, 0.3) is 0 Å². The number of phenolic OH excluding ortho intramolecular Hbond substituents is 2. The minimum Gasteiger partial charge on any atom is -0.508 e. The molecule has 166 valence electrons. The van der Waals surface area contributed by atoms with Gasteiger partial charge in [-0.05, 0) is 54.2 Å². The fraction of sp³-hybridized carbons (Fsp3) is 0.500. The SMILES string of the molecule is CC1(c2ccc(O)cc2)CSc2cc(O)ccc2C1CCCCCCCCCNC#N. The number of thioether (sulfide) groups is 1. The van der Waals surface area contributed by atoms with Gasteiger partial charge < -0.3 is 15.5 Å². The molecule has 0 bridgehead atoms. The van der Waals surface area contributed by atoms with Crippen LogP contribution < -0.4 is 5.32 Å². The molecule has 0 saturated heterocycles. The van der Waals surface area contributed by atoms with Crippen LogP contribution in [0.4, 0.5) is 0 Å². The van der Waals surface area contributed by atoms with E-state index in [1.165, 1.54) is 54.5 Å². The third-order valence-electron chi connectivity index (χ3n) is 6.57. The van der Waals surface area contributed by atoms with Gasteiger partial charge in [0.15, 0.2) is 6.19 Å². The van der Waals surface area contributed by atoms with E-state index in [1.807, 2.05) is 30.1 Å². The third kappa shape index (κ3) is 6.11. The molecular weight excluding hydrogens is 404 g/mol. The summed E-state index contributed by atoms with van der Waals surface area (Å²) in [6.07, 6.45) is 11.5. The number of aromatic hydroxyl groups is 2. The van der Waals surface area contributed by atoms with Gasteiger partial charge in [0, 0.05) is 22.6 Å². The van der Waals surface area contributed by atoms with Crippen LogP contribution in [0.2, 0.25) is 0 Å². The standard InChI is InChI=1S/C26H34N2O2S/c1-26(20-10-12-21(29)13-11-20)18-31-25-17-22(30)14-15-23(25)24(26)9-7-5-3-2-4-6-8-16-28-19-27/h10-15,17,24,28-30H,2-9,16,18H2,1H3. The minimum atomic E-state index is -0.00389. The van der Waals surface area contributed by atoms with Gasteiger partial charge in [-0.15, -0.1) is 11.8 Å². The van der Waals surface area contributed by atoms with Crippen LogP contribution in [-0.4, -0.2) is 22.5 Å². The lowest BCUT2D eigenvalue weighted by atomic mass is 9.68. The average Bonchev–Trinajstić information content (AvgIpc) is 2.77. The number of benzene rings is 2. The van der Waals surface area contributed by atoms with Crippen LogP contribution in [0, 0.1) is 11.5 Å². The van der Waals surface area contributed by atoms with Crippen molar-refractivity contribution in [2.24, 2.45) is 0 Å². The second-order valence-corrected chi connectivity index (χ2v) is 9.85. The largest absolute Gasteiger partial charge is 0.508 e. The highest BCUT2D eigenvalue weighted by Crippen LogP contribution is 2.52. The zero-order valence-electron chi connectivity index (χ0n) is 18.4. The van der Waals surface area contributed by atoms with Gasteiger partial charge in [-0.25, -0.2) is 0 Å². The van der Waals surface area contributed by atoms with Gasteiger partial charge in [-0.2, -0.15) is 5.26 Å². The first-order valence-electron chi connectivity index (χ1n) is 11.4. The number of nitrogens with zero attached hydrogens (tertiary/aromatic N) is 1. The highest BCUT2D eigenvalue weighted by atomic mass is 32.2. The number of rotatable bonds is 11. The molecule has 0 fully saturated rings. The summed E-state index contributed by atoms with van der Waals surface area (Å²) in [5.41, 5.74) is 2.61. The van der Waals surface area contributed by atoms with E-state index >= 15 is 0 Å². The van der Waals surface area contributed by atoms with E-state index in [1.54, 1.807) is 12.1 Å². The van der Waals surface area contributed by atoms with E-state index in [-0.39, 0.29) is 5.41 Å². The number of nitrogens with one attached hydrogen (secondary N) is 1. The third-order valence-corrected chi connectivity index (χ3v) is 7.98. The topological polar surface area (TPSA) is 76.3 Å². The number of phenols is 2. The van der Waals surface area contributed by atoms with Crippen LogP contribution in [-0.2, 0) is 5.41 Å². The maximum absolute atomic E-state index is 9.96. The molecule has 1 aliphatic rings. The Morgan fingerprint density at radius 3 is 2.32 bits per heavy atom. The molecule has 3 N–H and O–H groups in total. The number of hydrogen-bond acceptors (Lipinski definition) is 5. The lowest BCUT2D eigenvalue weighted by Gasteiger charge is -2.43. The summed E-state index contributed by atoms with van der Waals surface area (Å²) in [5.74, 6) is 2.01. The van der Waals surface area contributed by atoms with E-state index in [0.29, 0.717) is 17.4 Å². The normalized spacial score (nSPS) is 20.1. The summed E-state index contributed by atoms with van der Waals surface area (Å²) in [4.78, 5) is 1.20. The summed E-state index contributed by atoms with van der Waals surface area (Å²) < 4.78 is 0. The van der Waals surface area contributed by atoms with E-state index in [2.05, 4.69) is 30.4 Å². The van der Waals surface area contributed by atoms with Gasteiger partial charge >= 0.3 is 0 Å². The van der Waals surface area contributed by atoms with Gasteiger partial charge in [0.2, 0.25) is 0 Å². The molecule has 2 aromatic rings. The smallest absolute Gasteiger partial charge is 0.176 e. The number of hydrogen-bond donors (Lipinski definition) is 3. The Hall–Kier alpha value is -2.32. The quantitative estimate of drug-likeness (QED) is 0.214. The molecule has 3 rings (SSSR count). The van der Waals surface area contributed by atoms with E-state index in [4.69, 9.17) is 5.26 Å². The van der Waals surface area contributed by atoms with Gasteiger partial charge in [0.25, 0.3) is 0 Å².